The van der Waals surface area contributed by atoms with E-state index in [2.05, 4.69) is 0 Å². The zero-order chi connectivity index (χ0) is 26.2. The molecule has 4 aromatic heterocycles. The van der Waals surface area contributed by atoms with Gasteiger partial charge in [0, 0.05) is 45.2 Å². The topological polar surface area (TPSA) is 106 Å². The predicted molar refractivity (Wildman–Crippen MR) is 152 cm³/mol. The molecule has 188 valence electrons. The average molecular weight is 751 g/mol. The first-order valence-electron chi connectivity index (χ1n) is 12.9. The van der Waals surface area contributed by atoms with E-state index in [4.69, 9.17) is 39.9 Å². The van der Waals surface area contributed by atoms with Crippen molar-refractivity contribution in [3.8, 4) is 0 Å². The number of benzene rings is 4. The first-order valence-corrected chi connectivity index (χ1v) is 12.9. The zero-order valence-corrected chi connectivity index (χ0v) is 25.5. The summed E-state index contributed by atoms with van der Waals surface area (Å²) in [5, 5.41) is 7.15. The predicted octanol–water partition coefficient (Wildman–Crippen LogP) is 4.25. The van der Waals surface area contributed by atoms with Crippen molar-refractivity contribution >= 4 is 66.4 Å². The summed E-state index contributed by atoms with van der Waals surface area (Å²) >= 11 is 0. The normalized spacial score (nSPS) is 15.8. The molecular formula is C32H16N8U. The van der Waals surface area contributed by atoms with E-state index < -0.39 is 0 Å². The van der Waals surface area contributed by atoms with Crippen molar-refractivity contribution in [1.29, 1.82) is 0 Å². The van der Waals surface area contributed by atoms with Crippen LogP contribution in [0.25, 0.3) is 43.1 Å². The first-order chi connectivity index (χ1) is 19.8. The van der Waals surface area contributed by atoms with E-state index in [1.807, 2.05) is 97.1 Å². The molecule has 0 radical (unpaired) electrons. The third-order valence-corrected chi connectivity index (χ3v) is 7.33. The van der Waals surface area contributed by atoms with Crippen LogP contribution in [0.5, 0.6) is 0 Å². The van der Waals surface area contributed by atoms with E-state index in [0.29, 0.717) is 45.2 Å². The van der Waals surface area contributed by atoms with E-state index in [1.54, 1.807) is 0 Å². The summed E-state index contributed by atoms with van der Waals surface area (Å²) < 4.78 is 0. The second-order valence-electron chi connectivity index (χ2n) is 9.67. The van der Waals surface area contributed by atoms with E-state index in [0.717, 1.165) is 43.1 Å². The quantitative estimate of drug-likeness (QED) is 0.231. The van der Waals surface area contributed by atoms with E-state index in [1.165, 1.54) is 0 Å². The van der Waals surface area contributed by atoms with Gasteiger partial charge in [-0.25, -0.2) is 0 Å². The van der Waals surface area contributed by atoms with E-state index in [9.17, 15) is 0 Å². The third-order valence-electron chi connectivity index (χ3n) is 7.33. The van der Waals surface area contributed by atoms with Crippen molar-refractivity contribution in [2.45, 2.75) is 0 Å². The minimum absolute atomic E-state index is 0. The molecule has 1 aliphatic rings. The molecule has 0 spiro atoms. The first kappa shape index (κ1) is 24.1. The fourth-order valence-corrected chi connectivity index (χ4v) is 5.46. The third kappa shape index (κ3) is 3.67. The van der Waals surface area contributed by atoms with Crippen LogP contribution < -0.4 is 41.9 Å². The molecule has 8 aromatic rings. The molecule has 8 bridgehead atoms. The van der Waals surface area contributed by atoms with Gasteiger partial charge >= 0.3 is 31.1 Å². The monoisotopic (exact) mass is 750 g/mol. The largest absolute Gasteiger partial charge is 4.00 e. The molecule has 0 saturated heterocycles. The molecule has 0 fully saturated rings. The molecule has 9 heteroatoms. The van der Waals surface area contributed by atoms with Gasteiger partial charge in [-0.15, -0.1) is 0 Å². The van der Waals surface area contributed by atoms with Gasteiger partial charge in [-0.2, -0.15) is 0 Å². The van der Waals surface area contributed by atoms with Crippen LogP contribution in [0.1, 0.15) is 0 Å². The van der Waals surface area contributed by atoms with Gasteiger partial charge < -0.3 is 39.9 Å². The maximum Gasteiger partial charge on any atom is 4.00 e. The second-order valence-corrected chi connectivity index (χ2v) is 9.67. The van der Waals surface area contributed by atoms with Crippen molar-refractivity contribution in [2.24, 2.45) is 20.0 Å². The zero-order valence-electron chi connectivity index (χ0n) is 21.3. The van der Waals surface area contributed by atoms with Crippen molar-refractivity contribution in [3.05, 3.63) is 119 Å². The fraction of sp³-hybridized carbons (Fsp3) is 0. The van der Waals surface area contributed by atoms with Crippen LogP contribution in [-0.4, -0.2) is 0 Å². The van der Waals surface area contributed by atoms with Crippen LogP contribution in [0.3, 0.4) is 0 Å². The molecule has 0 amide bonds. The van der Waals surface area contributed by atoms with Gasteiger partial charge in [-0.1, -0.05) is 97.1 Å². The number of fused-ring (bicyclic) bond motifs is 20. The van der Waals surface area contributed by atoms with Gasteiger partial charge in [-0.05, 0) is 43.1 Å². The Kier molecular flexibility index (Phi) is 5.39. The summed E-state index contributed by atoms with van der Waals surface area (Å²) in [5.74, 6) is 2.21. The molecule has 9 rings (SSSR count). The van der Waals surface area contributed by atoms with E-state index in [-0.39, 0.29) is 31.1 Å². The van der Waals surface area contributed by atoms with Gasteiger partial charge in [0.15, 0.2) is 0 Å². The molecular weight excluding hydrogens is 734 g/mol. The number of hydrogen-bond acceptors (Lipinski definition) is 4. The fourth-order valence-electron chi connectivity index (χ4n) is 5.46. The van der Waals surface area contributed by atoms with Gasteiger partial charge in [0.05, 0.1) is 0 Å². The van der Waals surface area contributed by atoms with Crippen LogP contribution in [0.4, 0.5) is 23.3 Å². The van der Waals surface area contributed by atoms with Crippen molar-refractivity contribution in [2.75, 3.05) is 0 Å². The standard InChI is InChI=1S/C32H16N8.U/c1-2-10-18-17(9-1)25-33-26(18)38-28-21-13-5-6-14-22(21)30(35-28)40-32-24-16-8-7-15-23(24)31(36-32)39-29-20-12-4-3-11-19(20)27(34-29)37-25;/h1-16H;/q-4;+4. The summed E-state index contributed by atoms with van der Waals surface area (Å²) in [6, 6.07) is 31.8. The van der Waals surface area contributed by atoms with Crippen LogP contribution in [0.15, 0.2) is 117 Å². The number of nitrogens with zero attached hydrogens (tertiary/aromatic N) is 8. The summed E-state index contributed by atoms with van der Waals surface area (Å²) in [5.41, 5.74) is 2.21. The van der Waals surface area contributed by atoms with Crippen LogP contribution >= 0.6 is 0 Å². The Balaban J connectivity index is 0.00000256. The Morgan fingerprint density at radius 3 is 0.756 bits per heavy atom. The summed E-state index contributed by atoms with van der Waals surface area (Å²) in [7, 11) is 0. The Morgan fingerprint density at radius 2 is 0.512 bits per heavy atom. The maximum absolute atomic E-state index is 4.95. The summed E-state index contributed by atoms with van der Waals surface area (Å²) in [6.45, 7) is 0. The van der Waals surface area contributed by atoms with Gasteiger partial charge in [0.25, 0.3) is 0 Å². The van der Waals surface area contributed by atoms with Gasteiger partial charge in [0.1, 0.15) is 0 Å². The van der Waals surface area contributed by atoms with E-state index >= 15 is 0 Å². The molecule has 0 atom stereocenters. The summed E-state index contributed by atoms with van der Waals surface area (Å²) in [4.78, 5) is 39.3. The maximum atomic E-state index is 4.95. The SMILES string of the molecule is [U+4].c1ccc2c3[n-]c(c2c1)/N=c1\[n-]/c(c2ccccc12)=N\c1[n-]c(c2ccccc12)/N=c1\[n-]/c(c2ccccc12)=N\3. The minimum atomic E-state index is 0. The molecule has 0 saturated carbocycles. The Labute approximate surface area is 255 Å². The average Bonchev–Trinajstić information content (AvgIpc) is 3.73. The summed E-state index contributed by atoms with van der Waals surface area (Å²) in [6.07, 6.45) is 0. The molecule has 0 unspecified atom stereocenters. The van der Waals surface area contributed by atoms with Crippen molar-refractivity contribution < 1.29 is 31.1 Å². The minimum Gasteiger partial charge on any atom is -0.357 e. The number of hydrogen-bond donors (Lipinski definition) is 0. The number of aromatic nitrogens is 4. The van der Waals surface area contributed by atoms with Crippen molar-refractivity contribution in [3.63, 3.8) is 0 Å². The van der Waals surface area contributed by atoms with Gasteiger partial charge in [0.2, 0.25) is 0 Å². The molecule has 41 heavy (non-hydrogen) atoms. The smallest absolute Gasteiger partial charge is 0.357 e. The molecule has 1 aliphatic heterocycles. The van der Waals surface area contributed by atoms with Crippen LogP contribution in [-0.2, 0) is 0 Å². The molecule has 4 aromatic carbocycles. The molecule has 8 nitrogen and oxygen atoms in total. The van der Waals surface area contributed by atoms with Crippen LogP contribution in [0, 0.1) is 31.1 Å². The Hall–Kier alpha value is -4.71. The Morgan fingerprint density at radius 1 is 0.293 bits per heavy atom. The second kappa shape index (κ2) is 9.17. The molecule has 0 aliphatic carbocycles. The number of rotatable bonds is 0. The Bertz CT molecular complexity index is 2220. The van der Waals surface area contributed by atoms with Gasteiger partial charge in [-0.3, -0.25) is 0 Å². The van der Waals surface area contributed by atoms with Crippen molar-refractivity contribution in [1.82, 2.24) is 19.9 Å². The van der Waals surface area contributed by atoms with Crippen LogP contribution in [0.2, 0.25) is 0 Å². The molecule has 5 heterocycles. The molecule has 0 N–H and O–H groups in total.